The number of aromatic nitrogens is 4. The van der Waals surface area contributed by atoms with Crippen molar-refractivity contribution in [1.29, 1.82) is 0 Å². The van der Waals surface area contributed by atoms with Gasteiger partial charge in [0, 0.05) is 43.6 Å². The quantitative estimate of drug-likeness (QED) is 0.634. The summed E-state index contributed by atoms with van der Waals surface area (Å²) in [6.07, 6.45) is 4.71. The summed E-state index contributed by atoms with van der Waals surface area (Å²) in [5.74, 6) is 0.742. The third kappa shape index (κ3) is 4.03. The number of hydrogen-bond acceptors (Lipinski definition) is 7. The van der Waals surface area contributed by atoms with Gasteiger partial charge < -0.3 is 19.9 Å². The summed E-state index contributed by atoms with van der Waals surface area (Å²) in [7, 11) is 1.84. The van der Waals surface area contributed by atoms with Gasteiger partial charge in [-0.1, -0.05) is 6.07 Å². The predicted octanol–water partition coefficient (Wildman–Crippen LogP) is 2.75. The maximum Gasteiger partial charge on any atom is 0.262 e. The molecule has 0 saturated heterocycles. The van der Waals surface area contributed by atoms with Crippen molar-refractivity contribution >= 4 is 11.7 Å². The highest BCUT2D eigenvalue weighted by Gasteiger charge is 2.35. The molecule has 2 aliphatic rings. The standard InChI is InChI=1S/C23H25N5O4/c1-23(2)10-13-7-17(22(27-21(13)32-23)31-16-8-15(29)9-16)20(30)26-19-6-4-5-18(25-19)14-11-24-28(3)12-14/h4-7,11-12,15-16,29H,8-10H2,1-3H3,(H,25,26,30)/t15-,16-. The predicted molar refractivity (Wildman–Crippen MR) is 117 cm³/mol. The number of rotatable bonds is 5. The first-order valence-corrected chi connectivity index (χ1v) is 10.6. The van der Waals surface area contributed by atoms with E-state index in [1.54, 1.807) is 23.0 Å². The molecule has 9 heteroatoms. The summed E-state index contributed by atoms with van der Waals surface area (Å²) < 4.78 is 13.6. The zero-order valence-electron chi connectivity index (χ0n) is 18.2. The molecule has 3 aromatic rings. The van der Waals surface area contributed by atoms with Gasteiger partial charge in [0.2, 0.25) is 11.8 Å². The zero-order valence-corrected chi connectivity index (χ0v) is 18.2. The fourth-order valence-corrected chi connectivity index (χ4v) is 3.94. The van der Waals surface area contributed by atoms with Crippen molar-refractivity contribution in [2.75, 3.05) is 5.32 Å². The molecule has 1 amide bonds. The lowest BCUT2D eigenvalue weighted by atomic mass is 9.92. The molecule has 1 aliphatic heterocycles. The average Bonchev–Trinajstić information content (AvgIpc) is 3.27. The van der Waals surface area contributed by atoms with Crippen LogP contribution in [0.15, 0.2) is 36.7 Å². The summed E-state index contributed by atoms with van der Waals surface area (Å²) in [6.45, 7) is 3.95. The Bertz CT molecular complexity index is 1180. The third-order valence-electron chi connectivity index (χ3n) is 5.60. The van der Waals surface area contributed by atoms with Crippen LogP contribution in [0, 0.1) is 0 Å². The smallest absolute Gasteiger partial charge is 0.262 e. The van der Waals surface area contributed by atoms with Gasteiger partial charge in [-0.3, -0.25) is 9.48 Å². The molecule has 5 rings (SSSR count). The third-order valence-corrected chi connectivity index (χ3v) is 5.60. The molecule has 4 heterocycles. The van der Waals surface area contributed by atoms with Gasteiger partial charge in [0.1, 0.15) is 23.1 Å². The van der Waals surface area contributed by atoms with Gasteiger partial charge >= 0.3 is 0 Å². The van der Waals surface area contributed by atoms with Crippen LogP contribution < -0.4 is 14.8 Å². The number of fused-ring (bicyclic) bond motifs is 1. The Balaban J connectivity index is 1.42. The number of anilines is 1. The van der Waals surface area contributed by atoms with Gasteiger partial charge in [-0.05, 0) is 32.0 Å². The number of aryl methyl sites for hydroxylation is 1. The number of ether oxygens (including phenoxy) is 2. The van der Waals surface area contributed by atoms with Crippen LogP contribution in [-0.4, -0.2) is 48.6 Å². The molecule has 9 nitrogen and oxygen atoms in total. The van der Waals surface area contributed by atoms with Crippen LogP contribution in [-0.2, 0) is 13.5 Å². The highest BCUT2D eigenvalue weighted by molar-refractivity contribution is 6.05. The van der Waals surface area contributed by atoms with Crippen molar-refractivity contribution in [1.82, 2.24) is 19.7 Å². The summed E-state index contributed by atoms with van der Waals surface area (Å²) in [4.78, 5) is 22.3. The van der Waals surface area contributed by atoms with E-state index in [-0.39, 0.29) is 24.0 Å². The molecule has 1 saturated carbocycles. The van der Waals surface area contributed by atoms with Crippen molar-refractivity contribution in [2.45, 2.75) is 50.9 Å². The van der Waals surface area contributed by atoms with Gasteiger partial charge in [-0.25, -0.2) is 4.98 Å². The molecule has 0 spiro atoms. The van der Waals surface area contributed by atoms with Crippen molar-refractivity contribution < 1.29 is 19.4 Å². The normalized spacial score (nSPS) is 20.8. The minimum Gasteiger partial charge on any atom is -0.473 e. The van der Waals surface area contributed by atoms with Crippen LogP contribution in [0.2, 0.25) is 0 Å². The number of hydrogen-bond donors (Lipinski definition) is 2. The lowest BCUT2D eigenvalue weighted by Crippen LogP contribution is -2.38. The second-order valence-corrected chi connectivity index (χ2v) is 8.97. The molecule has 0 unspecified atom stereocenters. The molecule has 1 aliphatic carbocycles. The Kier molecular flexibility index (Phi) is 4.85. The highest BCUT2D eigenvalue weighted by Crippen LogP contribution is 2.38. The molecule has 0 radical (unpaired) electrons. The monoisotopic (exact) mass is 435 g/mol. The number of nitrogens with zero attached hydrogens (tertiary/aromatic N) is 4. The molecule has 3 aromatic heterocycles. The van der Waals surface area contributed by atoms with Crippen LogP contribution in [0.1, 0.15) is 42.6 Å². The number of carbonyl (C=O) groups is 1. The van der Waals surface area contributed by atoms with E-state index in [2.05, 4.69) is 20.4 Å². The number of aliphatic hydroxyl groups excluding tert-OH is 1. The number of aliphatic hydroxyl groups is 1. The topological polar surface area (TPSA) is 111 Å². The summed E-state index contributed by atoms with van der Waals surface area (Å²) in [5.41, 5.74) is 2.35. The van der Waals surface area contributed by atoms with E-state index in [1.807, 2.05) is 39.2 Å². The number of amides is 1. The first-order chi connectivity index (χ1) is 15.3. The van der Waals surface area contributed by atoms with E-state index >= 15 is 0 Å². The van der Waals surface area contributed by atoms with E-state index in [0.717, 1.165) is 11.1 Å². The van der Waals surface area contributed by atoms with Crippen LogP contribution in [0.5, 0.6) is 11.8 Å². The van der Waals surface area contributed by atoms with Gasteiger partial charge in [0.15, 0.2) is 0 Å². The Morgan fingerprint density at radius 1 is 1.31 bits per heavy atom. The minimum absolute atomic E-state index is 0.177. The van der Waals surface area contributed by atoms with E-state index < -0.39 is 5.60 Å². The van der Waals surface area contributed by atoms with Gasteiger partial charge in [-0.15, -0.1) is 0 Å². The summed E-state index contributed by atoms with van der Waals surface area (Å²) in [6, 6.07) is 7.20. The molecule has 166 valence electrons. The summed E-state index contributed by atoms with van der Waals surface area (Å²) >= 11 is 0. The Morgan fingerprint density at radius 3 is 2.84 bits per heavy atom. The van der Waals surface area contributed by atoms with Crippen molar-refractivity contribution in [3.05, 3.63) is 47.8 Å². The molecule has 0 atom stereocenters. The second kappa shape index (κ2) is 7.59. The molecule has 0 bridgehead atoms. The molecule has 32 heavy (non-hydrogen) atoms. The fraction of sp³-hybridized carbons (Fsp3) is 0.391. The SMILES string of the molecule is Cn1cc(-c2cccc(NC(=O)c3cc4c(nc3O[C@H]3C[C@H](O)C3)OC(C)(C)C4)n2)cn1. The average molecular weight is 435 g/mol. The highest BCUT2D eigenvalue weighted by atomic mass is 16.5. The number of carbonyl (C=O) groups excluding carboxylic acids is 1. The lowest BCUT2D eigenvalue weighted by molar-refractivity contribution is -0.0134. The van der Waals surface area contributed by atoms with Crippen molar-refractivity contribution in [2.24, 2.45) is 7.05 Å². The molecule has 1 fully saturated rings. The van der Waals surface area contributed by atoms with E-state index in [0.29, 0.717) is 42.2 Å². The van der Waals surface area contributed by atoms with Crippen LogP contribution >= 0.6 is 0 Å². The van der Waals surface area contributed by atoms with E-state index in [1.165, 1.54) is 0 Å². The second-order valence-electron chi connectivity index (χ2n) is 8.97. The molecule has 0 aromatic carbocycles. The lowest BCUT2D eigenvalue weighted by Gasteiger charge is -2.31. The largest absolute Gasteiger partial charge is 0.473 e. The van der Waals surface area contributed by atoms with Crippen molar-refractivity contribution in [3.8, 4) is 23.0 Å². The first-order valence-electron chi connectivity index (χ1n) is 10.6. The molecular formula is C23H25N5O4. The van der Waals surface area contributed by atoms with Crippen molar-refractivity contribution in [3.63, 3.8) is 0 Å². The Hall–Kier alpha value is -3.46. The number of pyridine rings is 2. The minimum atomic E-state index is -0.395. The molecule has 2 N–H and O–H groups in total. The number of nitrogens with one attached hydrogen (secondary N) is 1. The van der Waals surface area contributed by atoms with Gasteiger partial charge in [0.25, 0.3) is 5.91 Å². The van der Waals surface area contributed by atoms with E-state index in [9.17, 15) is 9.90 Å². The van der Waals surface area contributed by atoms with Crippen LogP contribution in [0.3, 0.4) is 0 Å². The molecular weight excluding hydrogens is 410 g/mol. The Morgan fingerprint density at radius 2 is 2.12 bits per heavy atom. The van der Waals surface area contributed by atoms with Gasteiger partial charge in [-0.2, -0.15) is 10.1 Å². The van der Waals surface area contributed by atoms with Crippen LogP contribution in [0.25, 0.3) is 11.3 Å². The zero-order chi connectivity index (χ0) is 22.5. The Labute approximate surface area is 185 Å². The van der Waals surface area contributed by atoms with Crippen LogP contribution in [0.4, 0.5) is 5.82 Å². The maximum absolute atomic E-state index is 13.2. The van der Waals surface area contributed by atoms with E-state index in [4.69, 9.17) is 9.47 Å². The van der Waals surface area contributed by atoms with Gasteiger partial charge in [0.05, 0.1) is 18.0 Å². The maximum atomic E-state index is 13.2. The first kappa shape index (κ1) is 20.4. The summed E-state index contributed by atoms with van der Waals surface area (Å²) in [5, 5.41) is 16.6. The fourth-order valence-electron chi connectivity index (χ4n) is 3.94.